The Kier molecular flexibility index (Phi) is 9.44. The van der Waals surface area contributed by atoms with E-state index in [9.17, 15) is 0 Å². The molecule has 1 saturated heterocycles. The van der Waals surface area contributed by atoms with Gasteiger partial charge in [0.15, 0.2) is 0 Å². The Morgan fingerprint density at radius 1 is 0.707 bits per heavy atom. The average molecular weight is 556 g/mol. The van der Waals surface area contributed by atoms with Crippen LogP contribution in [0, 0.1) is 5.92 Å². The van der Waals surface area contributed by atoms with Crippen LogP contribution in [-0.4, -0.2) is 38.0 Å². The van der Waals surface area contributed by atoms with Crippen molar-refractivity contribution in [2.24, 2.45) is 5.92 Å². The molecule has 0 radical (unpaired) electrons. The van der Waals surface area contributed by atoms with Gasteiger partial charge in [0, 0.05) is 12.5 Å². The highest BCUT2D eigenvalue weighted by Crippen LogP contribution is 2.32. The Labute approximate surface area is 245 Å². The maximum absolute atomic E-state index is 6.25. The summed E-state index contributed by atoms with van der Waals surface area (Å²) in [5.74, 6) is 3.86. The molecule has 4 aliphatic rings. The third kappa shape index (κ3) is 7.84. The normalized spacial score (nSPS) is 23.5. The number of piperidine rings is 1. The van der Waals surface area contributed by atoms with Crippen LogP contribution in [-0.2, 0) is 30.6 Å². The first kappa shape index (κ1) is 28.1. The summed E-state index contributed by atoms with van der Waals surface area (Å²) < 4.78 is 23.9. The largest absolute Gasteiger partial charge is 0.493 e. The van der Waals surface area contributed by atoms with Crippen molar-refractivity contribution in [1.82, 2.24) is 5.32 Å². The zero-order chi connectivity index (χ0) is 27.9. The molecule has 0 aromatic heterocycles. The van der Waals surface area contributed by atoms with Crippen LogP contribution >= 0.6 is 0 Å². The lowest BCUT2D eigenvalue weighted by Gasteiger charge is -2.27. The molecule has 218 valence electrons. The summed E-state index contributed by atoms with van der Waals surface area (Å²) in [6, 6.07) is 23.3. The van der Waals surface area contributed by atoms with E-state index in [1.165, 1.54) is 47.9 Å². The van der Waals surface area contributed by atoms with Gasteiger partial charge in [-0.05, 0) is 111 Å². The van der Waals surface area contributed by atoms with E-state index in [0.717, 1.165) is 75.0 Å². The molecule has 2 fully saturated rings. The quantitative estimate of drug-likeness (QED) is 0.338. The standard InChI is InChI=1S/C23H28O2.C13H17NO2/c1-17-7-10-21(11-8-17)25-22-12-9-19-13-23(15-20(19)14-22)24-16-18-5-3-2-4-6-18;1-2-12(9-13-10(1)5-8-15-13)16-11-3-6-14-7-4-11/h2-6,9,12,14,17,21,23H,7-8,10-11,13,15-16H2,1H3;1-2,9,11,14H,3-8H2. The van der Waals surface area contributed by atoms with Crippen molar-refractivity contribution < 1.29 is 18.9 Å². The molecule has 1 N–H and O–H groups in total. The third-order valence-corrected chi connectivity index (χ3v) is 8.92. The molecule has 7 rings (SSSR count). The van der Waals surface area contributed by atoms with Gasteiger partial charge in [-0.3, -0.25) is 0 Å². The van der Waals surface area contributed by atoms with Crippen molar-refractivity contribution in [2.75, 3.05) is 19.7 Å². The smallest absolute Gasteiger partial charge is 0.126 e. The second-order valence-electron chi connectivity index (χ2n) is 12.2. The highest BCUT2D eigenvalue weighted by atomic mass is 16.5. The number of hydrogen-bond acceptors (Lipinski definition) is 5. The highest BCUT2D eigenvalue weighted by molar-refractivity contribution is 5.43. The molecule has 0 spiro atoms. The number of fused-ring (bicyclic) bond motifs is 2. The van der Waals surface area contributed by atoms with Gasteiger partial charge < -0.3 is 24.3 Å². The minimum atomic E-state index is 0.293. The zero-order valence-corrected chi connectivity index (χ0v) is 24.5. The molecule has 0 bridgehead atoms. The minimum absolute atomic E-state index is 0.293. The van der Waals surface area contributed by atoms with Gasteiger partial charge in [-0.15, -0.1) is 0 Å². The lowest BCUT2D eigenvalue weighted by Crippen LogP contribution is -2.34. The van der Waals surface area contributed by atoms with E-state index in [2.05, 4.69) is 66.8 Å². The minimum Gasteiger partial charge on any atom is -0.493 e. The molecule has 5 heteroatoms. The molecule has 0 amide bonds. The van der Waals surface area contributed by atoms with Crippen molar-refractivity contribution in [3.63, 3.8) is 0 Å². The van der Waals surface area contributed by atoms with Crippen LogP contribution in [0.25, 0.3) is 0 Å². The summed E-state index contributed by atoms with van der Waals surface area (Å²) >= 11 is 0. The van der Waals surface area contributed by atoms with E-state index in [1.807, 2.05) is 12.1 Å². The van der Waals surface area contributed by atoms with E-state index in [0.29, 0.717) is 24.9 Å². The molecule has 2 aliphatic carbocycles. The van der Waals surface area contributed by atoms with Crippen molar-refractivity contribution in [1.29, 1.82) is 0 Å². The van der Waals surface area contributed by atoms with Crippen LogP contribution in [0.2, 0.25) is 0 Å². The number of hydrogen-bond donors (Lipinski definition) is 1. The van der Waals surface area contributed by atoms with Crippen molar-refractivity contribution in [2.45, 2.75) is 89.6 Å². The summed E-state index contributed by atoms with van der Waals surface area (Å²) in [6.07, 6.45) is 11.3. The summed E-state index contributed by atoms with van der Waals surface area (Å²) in [4.78, 5) is 0. The van der Waals surface area contributed by atoms with Gasteiger partial charge in [-0.25, -0.2) is 0 Å². The SMILES string of the molecule is CC1CCC(Oc2ccc3c(c2)CC(OCc2ccccc2)C3)CC1.c1cc2c(cc1OC1CCNCC1)OCC2. The molecule has 3 aromatic rings. The Balaban J connectivity index is 0.000000162. The molecule has 1 unspecified atom stereocenters. The van der Waals surface area contributed by atoms with Crippen LogP contribution in [0.5, 0.6) is 17.2 Å². The highest BCUT2D eigenvalue weighted by Gasteiger charge is 2.24. The molecule has 5 nitrogen and oxygen atoms in total. The molecule has 2 heterocycles. The van der Waals surface area contributed by atoms with Gasteiger partial charge >= 0.3 is 0 Å². The summed E-state index contributed by atoms with van der Waals surface area (Å²) in [7, 11) is 0. The predicted octanol–water partition coefficient (Wildman–Crippen LogP) is 7.08. The Morgan fingerprint density at radius 2 is 1.39 bits per heavy atom. The van der Waals surface area contributed by atoms with Gasteiger partial charge in [0.05, 0.1) is 25.4 Å². The van der Waals surface area contributed by atoms with E-state index in [1.54, 1.807) is 0 Å². The first-order valence-electron chi connectivity index (χ1n) is 15.7. The Morgan fingerprint density at radius 3 is 2.17 bits per heavy atom. The fraction of sp³-hybridized carbons (Fsp3) is 0.500. The second kappa shape index (κ2) is 13.8. The van der Waals surface area contributed by atoms with Crippen molar-refractivity contribution >= 4 is 0 Å². The van der Waals surface area contributed by atoms with Crippen LogP contribution in [0.3, 0.4) is 0 Å². The fourth-order valence-corrected chi connectivity index (χ4v) is 6.40. The molecule has 1 atom stereocenters. The third-order valence-electron chi connectivity index (χ3n) is 8.92. The van der Waals surface area contributed by atoms with Crippen molar-refractivity contribution in [3.05, 3.63) is 89.0 Å². The second-order valence-corrected chi connectivity index (χ2v) is 12.2. The maximum Gasteiger partial charge on any atom is 0.126 e. The molecular weight excluding hydrogens is 510 g/mol. The molecular formula is C36H45NO4. The zero-order valence-electron chi connectivity index (χ0n) is 24.5. The number of nitrogens with one attached hydrogen (secondary N) is 1. The van der Waals surface area contributed by atoms with Gasteiger partial charge in [-0.2, -0.15) is 0 Å². The van der Waals surface area contributed by atoms with Gasteiger partial charge in [0.1, 0.15) is 23.4 Å². The van der Waals surface area contributed by atoms with E-state index < -0.39 is 0 Å². The van der Waals surface area contributed by atoms with Crippen LogP contribution in [0.15, 0.2) is 66.7 Å². The van der Waals surface area contributed by atoms with Gasteiger partial charge in [0.25, 0.3) is 0 Å². The van der Waals surface area contributed by atoms with Crippen LogP contribution < -0.4 is 19.5 Å². The average Bonchev–Trinajstić information content (AvgIpc) is 3.65. The first-order valence-corrected chi connectivity index (χ1v) is 15.7. The summed E-state index contributed by atoms with van der Waals surface area (Å²) in [6.45, 7) is 5.98. The van der Waals surface area contributed by atoms with Gasteiger partial charge in [0.2, 0.25) is 0 Å². The predicted molar refractivity (Wildman–Crippen MR) is 163 cm³/mol. The topological polar surface area (TPSA) is 49.0 Å². The molecule has 2 aliphatic heterocycles. The number of ether oxygens (including phenoxy) is 4. The lowest BCUT2D eigenvalue weighted by atomic mass is 9.89. The first-order chi connectivity index (χ1) is 20.2. The van der Waals surface area contributed by atoms with E-state index in [4.69, 9.17) is 18.9 Å². The monoisotopic (exact) mass is 555 g/mol. The maximum atomic E-state index is 6.25. The summed E-state index contributed by atoms with van der Waals surface area (Å²) in [5, 5.41) is 3.34. The van der Waals surface area contributed by atoms with E-state index >= 15 is 0 Å². The molecule has 1 saturated carbocycles. The summed E-state index contributed by atoms with van der Waals surface area (Å²) in [5.41, 5.74) is 5.37. The van der Waals surface area contributed by atoms with Gasteiger partial charge in [-0.1, -0.05) is 49.4 Å². The van der Waals surface area contributed by atoms with Crippen LogP contribution in [0.4, 0.5) is 0 Å². The fourth-order valence-electron chi connectivity index (χ4n) is 6.40. The van der Waals surface area contributed by atoms with Crippen LogP contribution in [0.1, 0.15) is 67.7 Å². The Bertz CT molecular complexity index is 1250. The molecule has 41 heavy (non-hydrogen) atoms. The lowest BCUT2D eigenvalue weighted by molar-refractivity contribution is 0.0479. The van der Waals surface area contributed by atoms with E-state index in [-0.39, 0.29) is 0 Å². The number of benzene rings is 3. The van der Waals surface area contributed by atoms with Crippen molar-refractivity contribution in [3.8, 4) is 17.2 Å². The Hall–Kier alpha value is -3.02. The number of rotatable bonds is 7. The molecule has 3 aromatic carbocycles.